The van der Waals surface area contributed by atoms with Crippen molar-refractivity contribution in [3.05, 3.63) is 29.8 Å². The molecule has 0 aromatic heterocycles. The molecule has 1 aliphatic heterocycles. The van der Waals surface area contributed by atoms with E-state index in [1.165, 1.54) is 11.3 Å². The number of hydrogen-bond donors (Lipinski definition) is 1. The maximum atomic E-state index is 6.21. The SMILES string of the molecule is CCC(N)c1ccccc1N1C[C@@H](C)O[C@@H](C)C1. The Kier molecular flexibility index (Phi) is 4.25. The zero-order valence-corrected chi connectivity index (χ0v) is 11.6. The average molecular weight is 248 g/mol. The van der Waals surface area contributed by atoms with Crippen LogP contribution in [0, 0.1) is 0 Å². The van der Waals surface area contributed by atoms with Crippen LogP contribution in [0.25, 0.3) is 0 Å². The van der Waals surface area contributed by atoms with Crippen LogP contribution in [0.2, 0.25) is 0 Å². The predicted molar refractivity (Wildman–Crippen MR) is 75.9 cm³/mol. The summed E-state index contributed by atoms with van der Waals surface area (Å²) >= 11 is 0. The Bertz CT molecular complexity index is 384. The van der Waals surface area contributed by atoms with Crippen LogP contribution in [0.15, 0.2) is 24.3 Å². The normalized spacial score (nSPS) is 26.1. The number of morpholine rings is 1. The van der Waals surface area contributed by atoms with Gasteiger partial charge in [0, 0.05) is 24.8 Å². The van der Waals surface area contributed by atoms with Gasteiger partial charge in [-0.1, -0.05) is 25.1 Å². The first-order valence-electron chi connectivity index (χ1n) is 6.86. The number of para-hydroxylation sites is 1. The van der Waals surface area contributed by atoms with Gasteiger partial charge in [0.1, 0.15) is 0 Å². The smallest absolute Gasteiger partial charge is 0.0726 e. The Hall–Kier alpha value is -1.06. The average Bonchev–Trinajstić information content (AvgIpc) is 2.36. The molecular weight excluding hydrogens is 224 g/mol. The maximum absolute atomic E-state index is 6.21. The molecule has 1 aliphatic rings. The highest BCUT2D eigenvalue weighted by Crippen LogP contribution is 2.29. The second-order valence-corrected chi connectivity index (χ2v) is 5.24. The molecule has 0 radical (unpaired) electrons. The lowest BCUT2D eigenvalue weighted by Gasteiger charge is -2.38. The molecule has 1 fully saturated rings. The fourth-order valence-electron chi connectivity index (χ4n) is 2.68. The Labute approximate surface area is 110 Å². The van der Waals surface area contributed by atoms with Crippen LogP contribution in [0.4, 0.5) is 5.69 Å². The highest BCUT2D eigenvalue weighted by molar-refractivity contribution is 5.55. The number of rotatable bonds is 3. The Morgan fingerprint density at radius 2 is 1.89 bits per heavy atom. The van der Waals surface area contributed by atoms with Crippen LogP contribution in [0.5, 0.6) is 0 Å². The second-order valence-electron chi connectivity index (χ2n) is 5.24. The third-order valence-electron chi connectivity index (χ3n) is 3.54. The van der Waals surface area contributed by atoms with E-state index in [0.29, 0.717) is 0 Å². The fraction of sp³-hybridized carbons (Fsp3) is 0.600. The van der Waals surface area contributed by atoms with Gasteiger partial charge in [-0.05, 0) is 31.9 Å². The molecule has 0 spiro atoms. The molecule has 0 amide bonds. The van der Waals surface area contributed by atoms with Gasteiger partial charge in [0.05, 0.1) is 12.2 Å². The third kappa shape index (κ3) is 2.85. The summed E-state index contributed by atoms with van der Waals surface area (Å²) in [5, 5.41) is 0. The molecule has 0 saturated carbocycles. The van der Waals surface area contributed by atoms with Gasteiger partial charge >= 0.3 is 0 Å². The Morgan fingerprint density at radius 3 is 2.50 bits per heavy atom. The lowest BCUT2D eigenvalue weighted by Crippen LogP contribution is -2.46. The molecule has 100 valence electrons. The van der Waals surface area contributed by atoms with E-state index in [1.54, 1.807) is 0 Å². The van der Waals surface area contributed by atoms with Crippen LogP contribution in [-0.4, -0.2) is 25.3 Å². The lowest BCUT2D eigenvalue weighted by atomic mass is 10.0. The van der Waals surface area contributed by atoms with E-state index in [9.17, 15) is 0 Å². The Balaban J connectivity index is 2.26. The van der Waals surface area contributed by atoms with Crippen LogP contribution >= 0.6 is 0 Å². The number of hydrogen-bond acceptors (Lipinski definition) is 3. The number of benzene rings is 1. The molecular formula is C15H24N2O. The van der Waals surface area contributed by atoms with Gasteiger partial charge in [-0.2, -0.15) is 0 Å². The zero-order valence-electron chi connectivity index (χ0n) is 11.6. The molecule has 0 aliphatic carbocycles. The van der Waals surface area contributed by atoms with Crippen LogP contribution in [0.3, 0.4) is 0 Å². The minimum atomic E-state index is 0.120. The number of nitrogens with two attached hydrogens (primary N) is 1. The maximum Gasteiger partial charge on any atom is 0.0726 e. The first-order valence-corrected chi connectivity index (χ1v) is 6.86. The van der Waals surface area contributed by atoms with Crippen LogP contribution in [0.1, 0.15) is 38.8 Å². The van der Waals surface area contributed by atoms with E-state index in [-0.39, 0.29) is 18.2 Å². The van der Waals surface area contributed by atoms with Gasteiger partial charge in [-0.25, -0.2) is 0 Å². The molecule has 1 aromatic carbocycles. The van der Waals surface area contributed by atoms with Crippen LogP contribution < -0.4 is 10.6 Å². The first-order chi connectivity index (χ1) is 8.61. The van der Waals surface area contributed by atoms with E-state index < -0.39 is 0 Å². The van der Waals surface area contributed by atoms with Crippen LogP contribution in [-0.2, 0) is 4.74 Å². The molecule has 2 N–H and O–H groups in total. The standard InChI is InChI=1S/C15H24N2O/c1-4-14(16)13-7-5-6-8-15(13)17-9-11(2)18-12(3)10-17/h5-8,11-12,14H,4,9-10,16H2,1-3H3/t11-,12+,14?. The van der Waals surface area contributed by atoms with E-state index in [0.717, 1.165) is 19.5 Å². The summed E-state index contributed by atoms with van der Waals surface area (Å²) in [5.41, 5.74) is 8.74. The zero-order chi connectivity index (χ0) is 13.1. The summed E-state index contributed by atoms with van der Waals surface area (Å²) in [7, 11) is 0. The quantitative estimate of drug-likeness (QED) is 0.894. The van der Waals surface area contributed by atoms with Gasteiger partial charge in [0.2, 0.25) is 0 Å². The topological polar surface area (TPSA) is 38.5 Å². The van der Waals surface area contributed by atoms with Crippen molar-refractivity contribution in [2.75, 3.05) is 18.0 Å². The van der Waals surface area contributed by atoms with Crippen molar-refractivity contribution in [2.45, 2.75) is 45.4 Å². The first kappa shape index (κ1) is 13.4. The van der Waals surface area contributed by atoms with Gasteiger partial charge in [0.25, 0.3) is 0 Å². The van der Waals surface area contributed by atoms with Gasteiger partial charge in [-0.15, -0.1) is 0 Å². The minimum Gasteiger partial charge on any atom is -0.372 e. The molecule has 0 bridgehead atoms. The summed E-state index contributed by atoms with van der Waals surface area (Å²) in [6.45, 7) is 8.28. The molecule has 3 nitrogen and oxygen atoms in total. The number of anilines is 1. The van der Waals surface area contributed by atoms with E-state index in [4.69, 9.17) is 10.5 Å². The molecule has 18 heavy (non-hydrogen) atoms. The van der Waals surface area contributed by atoms with E-state index in [2.05, 4.69) is 49.9 Å². The largest absolute Gasteiger partial charge is 0.372 e. The van der Waals surface area contributed by atoms with Crippen molar-refractivity contribution < 1.29 is 4.74 Å². The Morgan fingerprint density at radius 1 is 1.28 bits per heavy atom. The van der Waals surface area contributed by atoms with Crippen molar-refractivity contribution in [1.29, 1.82) is 0 Å². The minimum absolute atomic E-state index is 0.120. The van der Waals surface area contributed by atoms with Crippen molar-refractivity contribution in [3.8, 4) is 0 Å². The fourth-order valence-corrected chi connectivity index (χ4v) is 2.68. The van der Waals surface area contributed by atoms with Gasteiger partial charge in [-0.3, -0.25) is 0 Å². The molecule has 1 unspecified atom stereocenters. The number of ether oxygens (including phenoxy) is 1. The summed E-state index contributed by atoms with van der Waals surface area (Å²) < 4.78 is 5.79. The summed E-state index contributed by atoms with van der Waals surface area (Å²) in [4.78, 5) is 2.41. The number of nitrogens with zero attached hydrogens (tertiary/aromatic N) is 1. The van der Waals surface area contributed by atoms with E-state index >= 15 is 0 Å². The molecule has 3 atom stereocenters. The van der Waals surface area contributed by atoms with Gasteiger partial charge < -0.3 is 15.4 Å². The molecule has 1 saturated heterocycles. The highest BCUT2D eigenvalue weighted by Gasteiger charge is 2.24. The highest BCUT2D eigenvalue weighted by atomic mass is 16.5. The molecule has 3 heteroatoms. The van der Waals surface area contributed by atoms with Crippen molar-refractivity contribution in [3.63, 3.8) is 0 Å². The summed E-state index contributed by atoms with van der Waals surface area (Å²) in [5.74, 6) is 0. The summed E-state index contributed by atoms with van der Waals surface area (Å²) in [6.07, 6.45) is 1.52. The third-order valence-corrected chi connectivity index (χ3v) is 3.54. The molecule has 2 rings (SSSR count). The lowest BCUT2D eigenvalue weighted by molar-refractivity contribution is -0.00528. The predicted octanol–water partition coefficient (Wildman–Crippen LogP) is 2.71. The van der Waals surface area contributed by atoms with Gasteiger partial charge in [0.15, 0.2) is 0 Å². The molecule has 1 heterocycles. The second kappa shape index (κ2) is 5.72. The van der Waals surface area contributed by atoms with Crippen molar-refractivity contribution in [1.82, 2.24) is 0 Å². The van der Waals surface area contributed by atoms with Crippen molar-refractivity contribution in [2.24, 2.45) is 5.73 Å². The van der Waals surface area contributed by atoms with Crippen molar-refractivity contribution >= 4 is 5.69 Å². The van der Waals surface area contributed by atoms with E-state index in [1.807, 2.05) is 0 Å². The summed E-state index contributed by atoms with van der Waals surface area (Å²) in [6, 6.07) is 8.60. The molecule has 1 aromatic rings. The monoisotopic (exact) mass is 248 g/mol.